The third-order valence-electron chi connectivity index (χ3n) is 6.18. The third kappa shape index (κ3) is 6.62. The van der Waals surface area contributed by atoms with Crippen molar-refractivity contribution in [1.29, 1.82) is 5.26 Å². The Morgan fingerprint density at radius 2 is 1.84 bits per heavy atom. The van der Waals surface area contributed by atoms with Crippen LogP contribution in [0.1, 0.15) is 55.3 Å². The lowest BCUT2D eigenvalue weighted by atomic mass is 9.95. The van der Waals surface area contributed by atoms with Gasteiger partial charge in [-0.15, -0.1) is 0 Å². The number of carbonyl (C=O) groups is 1. The average Bonchev–Trinajstić information content (AvgIpc) is 2.79. The first-order chi connectivity index (χ1) is 15.5. The average molecular weight is 437 g/mol. The van der Waals surface area contributed by atoms with E-state index in [2.05, 4.69) is 40.2 Å². The smallest absolute Gasteiger partial charge is 0.238 e. The van der Waals surface area contributed by atoms with Gasteiger partial charge in [-0.25, -0.2) is 4.39 Å². The third-order valence-corrected chi connectivity index (χ3v) is 6.18. The summed E-state index contributed by atoms with van der Waals surface area (Å²) in [4.78, 5) is 17.1. The monoisotopic (exact) mass is 436 g/mol. The SMILES string of the molecule is CCCCCC(c1ccc(C#N)c(C)c1)N1CCN(CC(=O)Nc2ccc(F)cc2)CC1. The fourth-order valence-electron chi connectivity index (χ4n) is 4.34. The molecule has 0 spiro atoms. The first kappa shape index (κ1) is 23.9. The lowest BCUT2D eigenvalue weighted by Gasteiger charge is -2.39. The van der Waals surface area contributed by atoms with Crippen molar-refractivity contribution in [3.63, 3.8) is 0 Å². The number of nitrogens with one attached hydrogen (secondary N) is 1. The van der Waals surface area contributed by atoms with Crippen LogP contribution in [0.25, 0.3) is 0 Å². The molecule has 0 aliphatic carbocycles. The number of hydrogen-bond donors (Lipinski definition) is 1. The number of unbranched alkanes of at least 4 members (excludes halogenated alkanes) is 2. The standard InChI is InChI=1S/C26H33FN4O/c1-3-4-5-6-25(21-7-8-22(18-28)20(2)17-21)31-15-13-30(14-16-31)19-26(32)29-24-11-9-23(27)10-12-24/h7-12,17,25H,3-6,13-16,19H2,1-2H3,(H,29,32). The summed E-state index contributed by atoms with van der Waals surface area (Å²) < 4.78 is 13.0. The molecule has 1 amide bonds. The van der Waals surface area contributed by atoms with Crippen molar-refractivity contribution in [2.75, 3.05) is 38.0 Å². The van der Waals surface area contributed by atoms with Gasteiger partial charge in [0.2, 0.25) is 5.91 Å². The summed E-state index contributed by atoms with van der Waals surface area (Å²) in [5.74, 6) is -0.391. The highest BCUT2D eigenvalue weighted by Gasteiger charge is 2.26. The summed E-state index contributed by atoms with van der Waals surface area (Å²) in [6, 6.07) is 14.6. The Balaban J connectivity index is 1.58. The van der Waals surface area contributed by atoms with Crippen molar-refractivity contribution in [1.82, 2.24) is 9.80 Å². The minimum atomic E-state index is -0.315. The van der Waals surface area contributed by atoms with Gasteiger partial charge < -0.3 is 5.32 Å². The van der Waals surface area contributed by atoms with Gasteiger partial charge in [-0.2, -0.15) is 5.26 Å². The van der Waals surface area contributed by atoms with E-state index in [0.29, 0.717) is 18.3 Å². The van der Waals surface area contributed by atoms with Crippen LogP contribution in [0.4, 0.5) is 10.1 Å². The second kappa shape index (κ2) is 11.8. The zero-order chi connectivity index (χ0) is 22.9. The Bertz CT molecular complexity index is 930. The Morgan fingerprint density at radius 1 is 1.12 bits per heavy atom. The molecule has 0 aromatic heterocycles. The van der Waals surface area contributed by atoms with Crippen LogP contribution in [0.5, 0.6) is 0 Å². The van der Waals surface area contributed by atoms with Crippen LogP contribution in [-0.4, -0.2) is 48.4 Å². The minimum Gasteiger partial charge on any atom is -0.325 e. The fraction of sp³-hybridized carbons (Fsp3) is 0.462. The van der Waals surface area contributed by atoms with Crippen LogP contribution in [0.3, 0.4) is 0 Å². The van der Waals surface area contributed by atoms with Crippen LogP contribution in [-0.2, 0) is 4.79 Å². The molecule has 0 saturated carbocycles. The molecule has 1 saturated heterocycles. The molecule has 6 heteroatoms. The van der Waals surface area contributed by atoms with Crippen LogP contribution < -0.4 is 5.32 Å². The predicted octanol–water partition coefficient (Wildman–Crippen LogP) is 4.88. The van der Waals surface area contributed by atoms with E-state index in [1.54, 1.807) is 12.1 Å². The van der Waals surface area contributed by atoms with Gasteiger partial charge >= 0.3 is 0 Å². The molecular formula is C26H33FN4O. The number of rotatable bonds is 9. The van der Waals surface area contributed by atoms with Crippen molar-refractivity contribution in [2.24, 2.45) is 0 Å². The summed E-state index contributed by atoms with van der Waals surface area (Å²) in [6.07, 6.45) is 4.69. The number of nitriles is 1. The molecule has 1 fully saturated rings. The second-order valence-electron chi connectivity index (χ2n) is 8.56. The molecule has 0 radical (unpaired) electrons. The quantitative estimate of drug-likeness (QED) is 0.569. The van der Waals surface area contributed by atoms with E-state index in [-0.39, 0.29) is 11.7 Å². The summed E-state index contributed by atoms with van der Waals surface area (Å²) in [5.41, 5.74) is 3.65. The van der Waals surface area contributed by atoms with Crippen LogP contribution >= 0.6 is 0 Å². The molecule has 1 atom stereocenters. The van der Waals surface area contributed by atoms with E-state index < -0.39 is 0 Å². The molecule has 2 aromatic rings. The van der Waals surface area contributed by atoms with Gasteiger partial charge in [0.1, 0.15) is 5.82 Å². The largest absolute Gasteiger partial charge is 0.325 e. The van der Waals surface area contributed by atoms with E-state index in [0.717, 1.165) is 43.7 Å². The second-order valence-corrected chi connectivity index (χ2v) is 8.56. The van der Waals surface area contributed by atoms with E-state index in [1.165, 1.54) is 37.0 Å². The lowest BCUT2D eigenvalue weighted by molar-refractivity contribution is -0.117. The first-order valence-corrected chi connectivity index (χ1v) is 11.5. The highest BCUT2D eigenvalue weighted by molar-refractivity contribution is 5.92. The molecule has 3 rings (SSSR count). The number of nitrogens with zero attached hydrogens (tertiary/aromatic N) is 3. The number of amides is 1. The molecule has 5 nitrogen and oxygen atoms in total. The topological polar surface area (TPSA) is 59.4 Å². The zero-order valence-corrected chi connectivity index (χ0v) is 19.1. The maximum Gasteiger partial charge on any atom is 0.238 e. The molecule has 32 heavy (non-hydrogen) atoms. The highest BCUT2D eigenvalue weighted by Crippen LogP contribution is 2.29. The van der Waals surface area contributed by atoms with E-state index in [4.69, 9.17) is 0 Å². The summed E-state index contributed by atoms with van der Waals surface area (Å²) in [7, 11) is 0. The number of hydrogen-bond acceptors (Lipinski definition) is 4. The summed E-state index contributed by atoms with van der Waals surface area (Å²) in [6.45, 7) is 8.02. The van der Waals surface area contributed by atoms with E-state index in [1.807, 2.05) is 13.0 Å². The normalized spacial score (nSPS) is 15.8. The first-order valence-electron chi connectivity index (χ1n) is 11.5. The van der Waals surface area contributed by atoms with Gasteiger partial charge in [0, 0.05) is 37.9 Å². The van der Waals surface area contributed by atoms with Crippen molar-refractivity contribution in [2.45, 2.75) is 45.6 Å². The number of carbonyl (C=O) groups excluding carboxylic acids is 1. The number of anilines is 1. The van der Waals surface area contributed by atoms with Gasteiger partial charge in [0.15, 0.2) is 0 Å². The molecule has 2 aromatic carbocycles. The summed E-state index contributed by atoms with van der Waals surface area (Å²) in [5, 5.41) is 12.1. The Kier molecular flexibility index (Phi) is 8.78. The van der Waals surface area contributed by atoms with Gasteiger partial charge in [0.25, 0.3) is 0 Å². The van der Waals surface area contributed by atoms with E-state index in [9.17, 15) is 14.4 Å². The molecule has 1 heterocycles. The number of piperazine rings is 1. The predicted molar refractivity (Wildman–Crippen MR) is 126 cm³/mol. The van der Waals surface area contributed by atoms with Crippen LogP contribution in [0.15, 0.2) is 42.5 Å². The maximum absolute atomic E-state index is 13.0. The number of halogens is 1. The highest BCUT2D eigenvalue weighted by atomic mass is 19.1. The van der Waals surface area contributed by atoms with Crippen molar-refractivity contribution in [3.05, 3.63) is 65.0 Å². The van der Waals surface area contributed by atoms with Gasteiger partial charge in [-0.3, -0.25) is 14.6 Å². The molecule has 1 aliphatic heterocycles. The minimum absolute atomic E-state index is 0.0766. The zero-order valence-electron chi connectivity index (χ0n) is 19.1. The fourth-order valence-corrected chi connectivity index (χ4v) is 4.34. The van der Waals surface area contributed by atoms with Crippen LogP contribution in [0, 0.1) is 24.1 Å². The lowest BCUT2D eigenvalue weighted by Crippen LogP contribution is -2.49. The van der Waals surface area contributed by atoms with Gasteiger partial charge in [-0.1, -0.05) is 38.3 Å². The molecule has 1 unspecified atom stereocenters. The number of aryl methyl sites for hydroxylation is 1. The molecule has 1 aliphatic rings. The van der Waals surface area contributed by atoms with E-state index >= 15 is 0 Å². The molecule has 170 valence electrons. The molecular weight excluding hydrogens is 403 g/mol. The Labute approximate surface area is 190 Å². The maximum atomic E-state index is 13.0. The molecule has 0 bridgehead atoms. The van der Waals surface area contributed by atoms with Crippen LogP contribution in [0.2, 0.25) is 0 Å². The van der Waals surface area contributed by atoms with Crippen molar-refractivity contribution in [3.8, 4) is 6.07 Å². The summed E-state index contributed by atoms with van der Waals surface area (Å²) >= 11 is 0. The van der Waals surface area contributed by atoms with Crippen molar-refractivity contribution >= 4 is 11.6 Å². The van der Waals surface area contributed by atoms with Gasteiger partial charge in [0.05, 0.1) is 18.2 Å². The Morgan fingerprint density at radius 3 is 2.47 bits per heavy atom. The molecule has 1 N–H and O–H groups in total. The van der Waals surface area contributed by atoms with Crippen molar-refractivity contribution < 1.29 is 9.18 Å². The number of benzene rings is 2. The Hall–Kier alpha value is -2.75. The van der Waals surface area contributed by atoms with Gasteiger partial charge in [-0.05, 0) is 54.8 Å².